The number of nitrogens with zero attached hydrogens (tertiary/aromatic N) is 7. The Hall–Kier alpha value is -3.97. The Bertz CT molecular complexity index is 1380. The van der Waals surface area contributed by atoms with Gasteiger partial charge in [0.1, 0.15) is 11.6 Å². The van der Waals surface area contributed by atoms with Crippen LogP contribution in [0.2, 0.25) is 0 Å². The van der Waals surface area contributed by atoms with Crippen LogP contribution in [0.5, 0.6) is 0 Å². The number of aromatic amines is 1. The summed E-state index contributed by atoms with van der Waals surface area (Å²) in [5, 5.41) is 22.0. The molecule has 10 nitrogen and oxygen atoms in total. The normalized spacial score (nSPS) is 16.3. The van der Waals surface area contributed by atoms with Crippen molar-refractivity contribution < 1.29 is 4.79 Å². The van der Waals surface area contributed by atoms with E-state index in [0.717, 1.165) is 61.1 Å². The summed E-state index contributed by atoms with van der Waals surface area (Å²) in [6.45, 7) is 10.2. The SMILES string of the molecule is C=CC(=O)N1CC2(CCN(c3nc(NCCCN(C)C)nc(-c4c(C)ccc5[nH]ncc45)c3C#N)C2)C1. The van der Waals surface area contributed by atoms with E-state index in [4.69, 9.17) is 9.97 Å². The average molecular weight is 500 g/mol. The van der Waals surface area contributed by atoms with E-state index in [1.54, 1.807) is 6.20 Å². The second kappa shape index (κ2) is 9.82. The number of fused-ring (bicyclic) bond motifs is 1. The van der Waals surface area contributed by atoms with Crippen LogP contribution in [0.4, 0.5) is 11.8 Å². The highest BCUT2D eigenvalue weighted by molar-refractivity contribution is 5.97. The fourth-order valence-corrected chi connectivity index (χ4v) is 5.50. The van der Waals surface area contributed by atoms with Gasteiger partial charge in [0.15, 0.2) is 5.82 Å². The van der Waals surface area contributed by atoms with Crippen LogP contribution in [0.15, 0.2) is 31.0 Å². The van der Waals surface area contributed by atoms with E-state index in [1.807, 2.05) is 24.0 Å². The number of aromatic nitrogens is 4. The summed E-state index contributed by atoms with van der Waals surface area (Å²) in [6, 6.07) is 6.44. The van der Waals surface area contributed by atoms with Crippen LogP contribution in [0, 0.1) is 23.7 Å². The van der Waals surface area contributed by atoms with E-state index in [1.165, 1.54) is 6.08 Å². The van der Waals surface area contributed by atoms with E-state index < -0.39 is 0 Å². The lowest BCUT2D eigenvalue weighted by molar-refractivity contribution is -0.136. The zero-order chi connectivity index (χ0) is 26.2. The number of amides is 1. The molecule has 1 aromatic carbocycles. The summed E-state index contributed by atoms with van der Waals surface area (Å²) in [5.41, 5.74) is 3.91. The van der Waals surface area contributed by atoms with Gasteiger partial charge in [0.2, 0.25) is 11.9 Å². The first-order valence-corrected chi connectivity index (χ1v) is 12.6. The van der Waals surface area contributed by atoms with Gasteiger partial charge in [0.05, 0.1) is 17.4 Å². The maximum absolute atomic E-state index is 12.0. The average Bonchev–Trinajstić information content (AvgIpc) is 3.52. The number of anilines is 2. The van der Waals surface area contributed by atoms with Crippen molar-refractivity contribution in [3.05, 3.63) is 42.1 Å². The van der Waals surface area contributed by atoms with Crippen LogP contribution in [0.1, 0.15) is 24.0 Å². The van der Waals surface area contributed by atoms with Gasteiger partial charge in [0, 0.05) is 49.1 Å². The number of likely N-dealkylation sites (tertiary alicyclic amines) is 1. The first kappa shape index (κ1) is 24.7. The van der Waals surface area contributed by atoms with Gasteiger partial charge in [-0.1, -0.05) is 12.6 Å². The van der Waals surface area contributed by atoms with Gasteiger partial charge in [-0.2, -0.15) is 15.3 Å². The molecule has 0 saturated carbocycles. The number of carbonyl (C=O) groups excluding carboxylic acids is 1. The number of nitrogens with one attached hydrogen (secondary N) is 2. The van der Waals surface area contributed by atoms with E-state index in [9.17, 15) is 10.1 Å². The number of carbonyl (C=O) groups is 1. The number of benzene rings is 1. The summed E-state index contributed by atoms with van der Waals surface area (Å²) >= 11 is 0. The molecule has 2 aromatic heterocycles. The molecule has 2 fully saturated rings. The van der Waals surface area contributed by atoms with E-state index in [2.05, 4.69) is 52.1 Å². The fourth-order valence-electron chi connectivity index (χ4n) is 5.50. The van der Waals surface area contributed by atoms with Gasteiger partial charge in [0.25, 0.3) is 0 Å². The zero-order valence-electron chi connectivity index (χ0n) is 21.7. The third-order valence-electron chi connectivity index (χ3n) is 7.41. The highest BCUT2D eigenvalue weighted by Gasteiger charge is 2.49. The van der Waals surface area contributed by atoms with Gasteiger partial charge in [-0.05, 0) is 58.1 Å². The Kier molecular flexibility index (Phi) is 6.56. The molecule has 3 aromatic rings. The lowest BCUT2D eigenvalue weighted by atomic mass is 9.79. The van der Waals surface area contributed by atoms with Gasteiger partial charge >= 0.3 is 0 Å². The number of hydrogen-bond acceptors (Lipinski definition) is 8. The molecule has 10 heteroatoms. The standard InChI is InChI=1S/C27H33N9O/c1-5-22(37)36-16-27(17-36)9-12-35(15-27)25-19(13-28)24(31-26(32-25)29-10-6-11-34(3)4)23-18(2)7-8-21-20(23)14-30-33-21/h5,7-8,14H,1,6,9-12,15-17H2,2-4H3,(H,30,33)(H,29,31,32). The predicted octanol–water partition coefficient (Wildman–Crippen LogP) is 2.79. The summed E-state index contributed by atoms with van der Waals surface area (Å²) in [7, 11) is 4.10. The molecule has 2 N–H and O–H groups in total. The molecule has 37 heavy (non-hydrogen) atoms. The fraction of sp³-hybridized carbons (Fsp3) is 0.444. The molecule has 0 unspecified atom stereocenters. The molecule has 1 amide bonds. The van der Waals surface area contributed by atoms with Gasteiger partial charge in [-0.25, -0.2) is 4.98 Å². The van der Waals surface area contributed by atoms with Gasteiger partial charge in [-0.15, -0.1) is 0 Å². The molecule has 2 aliphatic rings. The van der Waals surface area contributed by atoms with Crippen molar-refractivity contribution in [2.24, 2.45) is 5.41 Å². The molecule has 5 rings (SSSR count). The lowest BCUT2D eigenvalue weighted by Crippen LogP contribution is -2.59. The van der Waals surface area contributed by atoms with Crippen molar-refractivity contribution in [2.45, 2.75) is 19.8 Å². The molecule has 192 valence electrons. The summed E-state index contributed by atoms with van der Waals surface area (Å²) < 4.78 is 0. The van der Waals surface area contributed by atoms with Gasteiger partial charge < -0.3 is 20.0 Å². The highest BCUT2D eigenvalue weighted by atomic mass is 16.2. The van der Waals surface area contributed by atoms with E-state index in [-0.39, 0.29) is 11.3 Å². The Balaban J connectivity index is 1.53. The summed E-state index contributed by atoms with van der Waals surface area (Å²) in [4.78, 5) is 27.9. The maximum atomic E-state index is 12.0. The third-order valence-corrected chi connectivity index (χ3v) is 7.41. The maximum Gasteiger partial charge on any atom is 0.245 e. The minimum atomic E-state index is -0.0287. The second-order valence-electron chi connectivity index (χ2n) is 10.4. The second-order valence-corrected chi connectivity index (χ2v) is 10.4. The van der Waals surface area contributed by atoms with E-state index in [0.29, 0.717) is 36.1 Å². The molecule has 4 heterocycles. The topological polar surface area (TPSA) is 117 Å². The molecular weight excluding hydrogens is 466 g/mol. The van der Waals surface area contributed by atoms with Crippen LogP contribution in [0.25, 0.3) is 22.2 Å². The number of aryl methyl sites for hydroxylation is 1. The molecule has 0 aliphatic carbocycles. The molecule has 0 atom stereocenters. The molecular formula is C27H33N9O. The van der Waals surface area contributed by atoms with Crippen molar-refractivity contribution in [1.82, 2.24) is 30.0 Å². The highest BCUT2D eigenvalue weighted by Crippen LogP contribution is 2.43. The molecule has 2 aliphatic heterocycles. The van der Waals surface area contributed by atoms with Crippen molar-refractivity contribution in [3.8, 4) is 17.3 Å². The van der Waals surface area contributed by atoms with Crippen molar-refractivity contribution in [1.29, 1.82) is 5.26 Å². The first-order valence-electron chi connectivity index (χ1n) is 12.6. The Morgan fingerprint density at radius 3 is 2.86 bits per heavy atom. The van der Waals surface area contributed by atoms with Crippen LogP contribution in [0.3, 0.4) is 0 Å². The predicted molar refractivity (Wildman–Crippen MR) is 144 cm³/mol. The first-order chi connectivity index (χ1) is 17.8. The quantitative estimate of drug-likeness (QED) is 0.359. The van der Waals surface area contributed by atoms with Crippen molar-refractivity contribution in [3.63, 3.8) is 0 Å². The summed E-state index contributed by atoms with van der Waals surface area (Å²) in [5.74, 6) is 1.13. The molecule has 0 bridgehead atoms. The number of rotatable bonds is 8. The van der Waals surface area contributed by atoms with Crippen LogP contribution >= 0.6 is 0 Å². The van der Waals surface area contributed by atoms with E-state index >= 15 is 0 Å². The Labute approximate surface area is 217 Å². The monoisotopic (exact) mass is 499 g/mol. The van der Waals surface area contributed by atoms with Crippen LogP contribution in [-0.4, -0.2) is 89.2 Å². The summed E-state index contributed by atoms with van der Waals surface area (Å²) in [6.07, 6.45) is 5.05. The number of nitriles is 1. The number of H-pyrrole nitrogens is 1. The Morgan fingerprint density at radius 1 is 1.32 bits per heavy atom. The zero-order valence-corrected chi connectivity index (χ0v) is 21.7. The van der Waals surface area contributed by atoms with Crippen LogP contribution in [-0.2, 0) is 4.79 Å². The van der Waals surface area contributed by atoms with Crippen LogP contribution < -0.4 is 10.2 Å². The molecule has 1 spiro atoms. The lowest BCUT2D eigenvalue weighted by Gasteiger charge is -2.47. The largest absolute Gasteiger partial charge is 0.355 e. The van der Waals surface area contributed by atoms with Crippen molar-refractivity contribution >= 4 is 28.6 Å². The van der Waals surface area contributed by atoms with Crippen molar-refractivity contribution in [2.75, 3.05) is 63.6 Å². The minimum Gasteiger partial charge on any atom is -0.355 e. The van der Waals surface area contributed by atoms with Gasteiger partial charge in [-0.3, -0.25) is 9.89 Å². The Morgan fingerprint density at radius 2 is 2.14 bits per heavy atom. The smallest absolute Gasteiger partial charge is 0.245 e. The molecule has 2 saturated heterocycles. The minimum absolute atomic E-state index is 0.0241. The third kappa shape index (κ3) is 4.62. The molecule has 0 radical (unpaired) electrons. The number of hydrogen-bond donors (Lipinski definition) is 2.